The van der Waals surface area contributed by atoms with Crippen LogP contribution in [0, 0.1) is 0 Å². The van der Waals surface area contributed by atoms with Crippen LogP contribution in [0.2, 0.25) is 0 Å². The van der Waals surface area contributed by atoms with E-state index in [0.717, 1.165) is 26.2 Å². The van der Waals surface area contributed by atoms with Crippen molar-refractivity contribution in [3.63, 3.8) is 0 Å². The Hall–Kier alpha value is -3.05. The van der Waals surface area contributed by atoms with Gasteiger partial charge in [0.1, 0.15) is 21.2 Å². The predicted octanol–water partition coefficient (Wildman–Crippen LogP) is 3.68. The summed E-state index contributed by atoms with van der Waals surface area (Å²) in [6.45, 7) is 0.299. The molecule has 212 valence electrons. The smallest absolute Gasteiger partial charge is 0.744 e. The predicted molar refractivity (Wildman–Crippen MR) is 164 cm³/mol. The maximum absolute atomic E-state index is 11.6. The fourth-order valence-electron chi connectivity index (χ4n) is 6.65. The van der Waals surface area contributed by atoms with Crippen molar-refractivity contribution in [1.82, 2.24) is 0 Å². The molecule has 0 radical (unpaired) electrons. The minimum Gasteiger partial charge on any atom is -0.744 e. The molecule has 4 aromatic carbocycles. The molecule has 7 nitrogen and oxygen atoms in total. The van der Waals surface area contributed by atoms with Crippen LogP contribution in [-0.4, -0.2) is 30.1 Å². The van der Waals surface area contributed by atoms with Gasteiger partial charge in [-0.2, -0.15) is 4.57 Å². The Morgan fingerprint density at radius 2 is 1.84 bits per heavy atom. The summed E-state index contributed by atoms with van der Waals surface area (Å²) < 4.78 is 37.6. The number of carboxylic acids is 1. The first-order valence-electron chi connectivity index (χ1n) is 14.0. The molecule has 2 unspecified atom stereocenters. The molecule has 2 atom stereocenters. The third kappa shape index (κ3) is 5.54. The van der Waals surface area contributed by atoms with Crippen LogP contribution in [0.5, 0.6) is 0 Å². The average molecular weight is 620 g/mol. The van der Waals surface area contributed by atoms with Gasteiger partial charge in [0.25, 0.3) is 5.01 Å². The van der Waals surface area contributed by atoms with E-state index in [4.69, 9.17) is 0 Å². The van der Waals surface area contributed by atoms with E-state index in [-0.39, 0.29) is 40.9 Å². The monoisotopic (exact) mass is 619 g/mol. The van der Waals surface area contributed by atoms with Crippen molar-refractivity contribution in [3.8, 4) is 0 Å². The van der Waals surface area contributed by atoms with E-state index in [9.17, 15) is 22.9 Å². The summed E-state index contributed by atoms with van der Waals surface area (Å²) >= 11 is 1.52. The minimum absolute atomic E-state index is 0. The first kappa shape index (κ1) is 30.0. The number of hydrogen-bond donors (Lipinski definition) is 1. The molecule has 5 aromatic rings. The zero-order valence-electron chi connectivity index (χ0n) is 23.6. The molecular formula is C33H28N2NaO5S2+. The molecule has 0 spiro atoms. The fourth-order valence-corrected chi connectivity index (χ4v) is 8.38. The second-order valence-electron chi connectivity index (χ2n) is 10.9. The van der Waals surface area contributed by atoms with Crippen molar-refractivity contribution < 1.29 is 57.0 Å². The Kier molecular flexibility index (Phi) is 8.23. The van der Waals surface area contributed by atoms with E-state index in [2.05, 4.69) is 53.4 Å². The molecule has 7 rings (SSSR count). The van der Waals surface area contributed by atoms with Crippen molar-refractivity contribution in [2.75, 3.05) is 4.90 Å². The normalized spacial score (nSPS) is 17.8. The number of carbonyl (C=O) groups is 1. The number of rotatable bonds is 7. The summed E-state index contributed by atoms with van der Waals surface area (Å²) in [7, 11) is -4.57. The topological polar surface area (TPSA) is 102 Å². The Balaban J connectivity index is 0.00000329. The molecule has 1 fully saturated rings. The SMILES string of the molecule is O=C(O)CC[n+]1c(/C=C/c2ccc3c(c2)C2CCCC2N3c2ccccc2)sc2c3ccc(S(=O)(=O)[O-])cc3ccc21.[Na+]. The van der Waals surface area contributed by atoms with Crippen molar-refractivity contribution in [2.45, 2.75) is 49.1 Å². The first-order valence-corrected chi connectivity index (χ1v) is 16.2. The number of carboxylic acid groups (broad SMARTS) is 1. The summed E-state index contributed by atoms with van der Waals surface area (Å²) in [4.78, 5) is 13.7. The number of hydrogen-bond acceptors (Lipinski definition) is 6. The number of thiazole rings is 1. The molecule has 1 aliphatic carbocycles. The van der Waals surface area contributed by atoms with Crippen LogP contribution < -0.4 is 39.0 Å². The van der Waals surface area contributed by atoms with Gasteiger partial charge in [0.15, 0.2) is 6.54 Å². The van der Waals surface area contributed by atoms with Gasteiger partial charge in [0, 0.05) is 40.9 Å². The number of para-hydroxylation sites is 1. The summed E-state index contributed by atoms with van der Waals surface area (Å²) in [5.74, 6) is -0.372. The molecule has 10 heteroatoms. The van der Waals surface area contributed by atoms with Gasteiger partial charge >= 0.3 is 35.5 Å². The molecule has 43 heavy (non-hydrogen) atoms. The fraction of sp³-hybridized carbons (Fsp3) is 0.212. The van der Waals surface area contributed by atoms with Crippen molar-refractivity contribution >= 4 is 71.9 Å². The number of benzene rings is 4. The van der Waals surface area contributed by atoms with Gasteiger partial charge in [-0.1, -0.05) is 48.1 Å². The molecule has 0 amide bonds. The molecule has 2 heterocycles. The van der Waals surface area contributed by atoms with E-state index >= 15 is 0 Å². The number of aromatic nitrogens is 1. The maximum Gasteiger partial charge on any atom is 1.00 e. The number of fused-ring (bicyclic) bond motifs is 6. The summed E-state index contributed by atoms with van der Waals surface area (Å²) in [6, 6.07) is 25.8. The van der Waals surface area contributed by atoms with E-state index < -0.39 is 16.1 Å². The van der Waals surface area contributed by atoms with E-state index in [0.29, 0.717) is 23.9 Å². The minimum atomic E-state index is -4.57. The van der Waals surface area contributed by atoms with Gasteiger partial charge in [-0.15, -0.1) is 0 Å². The third-order valence-corrected chi connectivity index (χ3v) is 10.5. The molecular weight excluding hydrogens is 591 g/mol. The number of aliphatic carboxylic acids is 1. The Bertz CT molecular complexity index is 2010. The van der Waals surface area contributed by atoms with Crippen LogP contribution in [0.1, 0.15) is 47.7 Å². The number of aryl methyl sites for hydroxylation is 1. The number of nitrogens with zero attached hydrogens (tertiary/aromatic N) is 2. The Labute approximate surface area is 276 Å². The molecule has 0 bridgehead atoms. The van der Waals surface area contributed by atoms with E-state index in [1.54, 1.807) is 12.1 Å². The zero-order valence-corrected chi connectivity index (χ0v) is 27.3. The van der Waals surface area contributed by atoms with Gasteiger partial charge in [-0.05, 0) is 77.9 Å². The third-order valence-electron chi connectivity index (χ3n) is 8.50. The Morgan fingerprint density at radius 3 is 2.60 bits per heavy atom. The van der Waals surface area contributed by atoms with Crippen LogP contribution in [-0.2, 0) is 21.5 Å². The Morgan fingerprint density at radius 1 is 1.02 bits per heavy atom. The summed E-state index contributed by atoms with van der Waals surface area (Å²) in [5, 5.41) is 11.8. The molecule has 1 saturated carbocycles. The molecule has 2 aliphatic rings. The van der Waals surface area contributed by atoms with E-state index in [1.807, 2.05) is 22.8 Å². The van der Waals surface area contributed by atoms with Crippen molar-refractivity contribution in [2.24, 2.45) is 0 Å². The summed E-state index contributed by atoms with van der Waals surface area (Å²) in [6.07, 6.45) is 7.68. The van der Waals surface area contributed by atoms with Crippen molar-refractivity contribution in [3.05, 3.63) is 95.0 Å². The summed E-state index contributed by atoms with van der Waals surface area (Å²) in [5.41, 5.74) is 5.85. The second-order valence-corrected chi connectivity index (χ2v) is 13.4. The molecule has 1 aromatic heterocycles. The van der Waals surface area contributed by atoms with Crippen molar-refractivity contribution in [1.29, 1.82) is 0 Å². The number of anilines is 2. The van der Waals surface area contributed by atoms with Gasteiger partial charge in [0.2, 0.25) is 5.52 Å². The van der Waals surface area contributed by atoms with Gasteiger partial charge < -0.3 is 14.6 Å². The van der Waals surface area contributed by atoms with Gasteiger partial charge in [-0.3, -0.25) is 4.79 Å². The molecule has 1 aliphatic heterocycles. The van der Waals surface area contributed by atoms with E-state index in [1.165, 1.54) is 59.7 Å². The largest absolute Gasteiger partial charge is 1.00 e. The maximum atomic E-state index is 11.6. The average Bonchev–Trinajstić information content (AvgIpc) is 3.67. The first-order chi connectivity index (χ1) is 20.3. The van der Waals surface area contributed by atoms with Crippen LogP contribution >= 0.6 is 11.3 Å². The zero-order chi connectivity index (χ0) is 29.0. The van der Waals surface area contributed by atoms with Crippen LogP contribution in [0.4, 0.5) is 11.4 Å². The van der Waals surface area contributed by atoms with Gasteiger partial charge in [0.05, 0.1) is 4.90 Å². The molecule has 1 N–H and O–H groups in total. The van der Waals surface area contributed by atoms with Crippen LogP contribution in [0.3, 0.4) is 0 Å². The van der Waals surface area contributed by atoms with Gasteiger partial charge in [-0.25, -0.2) is 8.42 Å². The second kappa shape index (κ2) is 11.8. The van der Waals surface area contributed by atoms with Crippen LogP contribution in [0.15, 0.2) is 83.8 Å². The molecule has 0 saturated heterocycles. The van der Waals surface area contributed by atoms with Crippen LogP contribution in [0.25, 0.3) is 33.1 Å². The quantitative estimate of drug-likeness (QED) is 0.170. The standard InChI is InChI=1S/C33H28N2O5S2.Na/c36-32(37)17-18-34-30-15-11-22-20-24(42(38,39)40)12-13-25(22)33(30)41-31(34)16-10-21-9-14-29-27(19-21)26-7-4-8-28(26)35(29)23-5-2-1-3-6-23;/h1-3,5-6,9-16,19-20,26,28H,4,7-8,17-18H2,(H-,36,37,38,39,40);/q;+1.